The van der Waals surface area contributed by atoms with Crippen LogP contribution in [0.2, 0.25) is 0 Å². The molecule has 0 radical (unpaired) electrons. The van der Waals surface area contributed by atoms with E-state index in [-0.39, 0.29) is 24.9 Å². The first-order valence-electron chi connectivity index (χ1n) is 6.14. The summed E-state index contributed by atoms with van der Waals surface area (Å²) < 4.78 is 0. The van der Waals surface area contributed by atoms with Gasteiger partial charge in [-0.15, -0.1) is 0 Å². The van der Waals surface area contributed by atoms with Crippen LogP contribution in [0.3, 0.4) is 0 Å². The largest absolute Gasteiger partial charge is 0.480 e. The quantitative estimate of drug-likeness (QED) is 0.752. The smallest absolute Gasteiger partial charge is 0.323 e. The molecule has 1 aliphatic carbocycles. The predicted octanol–water partition coefficient (Wildman–Crippen LogP) is 0.970. The van der Waals surface area contributed by atoms with Gasteiger partial charge in [-0.1, -0.05) is 12.8 Å². The van der Waals surface area contributed by atoms with E-state index in [0.717, 1.165) is 25.7 Å². The normalized spacial score (nSPS) is 18.4. The molecule has 5 heteroatoms. The van der Waals surface area contributed by atoms with Crippen LogP contribution in [-0.2, 0) is 9.59 Å². The summed E-state index contributed by atoms with van der Waals surface area (Å²) in [7, 11) is 0. The zero-order valence-corrected chi connectivity index (χ0v) is 10.6. The van der Waals surface area contributed by atoms with Gasteiger partial charge in [0.15, 0.2) is 0 Å². The second-order valence-electron chi connectivity index (χ2n) is 5.26. The third-order valence-corrected chi connectivity index (χ3v) is 3.35. The number of rotatable bonds is 5. The molecule has 0 aromatic rings. The zero-order valence-electron chi connectivity index (χ0n) is 10.6. The van der Waals surface area contributed by atoms with Crippen LogP contribution in [0.5, 0.6) is 0 Å². The van der Waals surface area contributed by atoms with E-state index in [2.05, 4.69) is 0 Å². The number of hydrogen-bond acceptors (Lipinski definition) is 3. The van der Waals surface area contributed by atoms with Crippen LogP contribution in [0.15, 0.2) is 0 Å². The third kappa shape index (κ3) is 4.00. The summed E-state index contributed by atoms with van der Waals surface area (Å²) in [5, 5.41) is 8.78. The van der Waals surface area contributed by atoms with Gasteiger partial charge in [0.05, 0.1) is 0 Å². The lowest BCUT2D eigenvalue weighted by atomic mass is 9.94. The Hall–Kier alpha value is -1.10. The maximum Gasteiger partial charge on any atom is 0.323 e. The highest BCUT2D eigenvalue weighted by Crippen LogP contribution is 2.30. The molecule has 1 saturated carbocycles. The number of carboxylic acids is 1. The molecule has 1 fully saturated rings. The minimum atomic E-state index is -0.982. The van der Waals surface area contributed by atoms with Gasteiger partial charge in [-0.2, -0.15) is 0 Å². The van der Waals surface area contributed by atoms with Crippen molar-refractivity contribution in [2.75, 3.05) is 6.54 Å². The van der Waals surface area contributed by atoms with E-state index in [0.29, 0.717) is 0 Å². The average molecular weight is 242 g/mol. The Labute approximate surface area is 102 Å². The van der Waals surface area contributed by atoms with Crippen molar-refractivity contribution < 1.29 is 14.7 Å². The van der Waals surface area contributed by atoms with Gasteiger partial charge in [0.2, 0.25) is 5.91 Å². The van der Waals surface area contributed by atoms with Crippen molar-refractivity contribution in [1.82, 2.24) is 4.90 Å². The number of carbonyl (C=O) groups excluding carboxylic acids is 1. The molecule has 0 aromatic carbocycles. The summed E-state index contributed by atoms with van der Waals surface area (Å²) >= 11 is 0. The second kappa shape index (κ2) is 5.49. The van der Waals surface area contributed by atoms with Gasteiger partial charge in [0.25, 0.3) is 0 Å². The van der Waals surface area contributed by atoms with Gasteiger partial charge < -0.3 is 15.7 Å². The van der Waals surface area contributed by atoms with Crippen LogP contribution in [-0.4, -0.2) is 40.0 Å². The van der Waals surface area contributed by atoms with Crippen molar-refractivity contribution in [2.24, 2.45) is 5.73 Å². The molecule has 0 spiro atoms. The Morgan fingerprint density at radius 3 is 2.29 bits per heavy atom. The van der Waals surface area contributed by atoms with Crippen LogP contribution >= 0.6 is 0 Å². The molecule has 0 heterocycles. The summed E-state index contributed by atoms with van der Waals surface area (Å²) in [6, 6.07) is -0.108. The first kappa shape index (κ1) is 14.0. The molecule has 17 heavy (non-hydrogen) atoms. The average Bonchev–Trinajstić information content (AvgIpc) is 2.60. The standard InChI is InChI=1S/C12H22N2O3/c1-9(2)14(8-11(16)17)10(15)7-12(13)5-3-4-6-12/h9H,3-8,13H2,1-2H3,(H,16,17). The fourth-order valence-electron chi connectivity index (χ4n) is 2.36. The molecule has 3 N–H and O–H groups in total. The molecule has 0 atom stereocenters. The van der Waals surface area contributed by atoms with Gasteiger partial charge in [-0.05, 0) is 26.7 Å². The van der Waals surface area contributed by atoms with Crippen LogP contribution in [0.4, 0.5) is 0 Å². The van der Waals surface area contributed by atoms with Crippen LogP contribution < -0.4 is 5.73 Å². The Kier molecular flexibility index (Phi) is 4.51. The fourth-order valence-corrected chi connectivity index (χ4v) is 2.36. The topological polar surface area (TPSA) is 83.6 Å². The number of nitrogens with zero attached hydrogens (tertiary/aromatic N) is 1. The third-order valence-electron chi connectivity index (χ3n) is 3.35. The van der Waals surface area contributed by atoms with Gasteiger partial charge in [0, 0.05) is 18.0 Å². The molecule has 0 saturated heterocycles. The molecule has 0 bridgehead atoms. The number of amides is 1. The minimum Gasteiger partial charge on any atom is -0.480 e. The van der Waals surface area contributed by atoms with Crippen molar-refractivity contribution in [1.29, 1.82) is 0 Å². The lowest BCUT2D eigenvalue weighted by Crippen LogP contribution is -2.47. The number of carbonyl (C=O) groups is 2. The Morgan fingerprint density at radius 2 is 1.88 bits per heavy atom. The Balaban J connectivity index is 2.61. The molecule has 0 unspecified atom stereocenters. The van der Waals surface area contributed by atoms with Gasteiger partial charge >= 0.3 is 5.97 Å². The highest BCUT2D eigenvalue weighted by molar-refractivity contribution is 5.82. The first-order valence-corrected chi connectivity index (χ1v) is 6.14. The zero-order chi connectivity index (χ0) is 13.1. The van der Waals surface area contributed by atoms with Crippen molar-refractivity contribution in [3.05, 3.63) is 0 Å². The van der Waals surface area contributed by atoms with Gasteiger partial charge in [-0.3, -0.25) is 9.59 Å². The number of nitrogens with two attached hydrogens (primary N) is 1. The SMILES string of the molecule is CC(C)N(CC(=O)O)C(=O)CC1(N)CCCC1. The van der Waals surface area contributed by atoms with Crippen molar-refractivity contribution in [3.8, 4) is 0 Å². The lowest BCUT2D eigenvalue weighted by molar-refractivity contribution is -0.146. The first-order chi connectivity index (χ1) is 7.84. The van der Waals surface area contributed by atoms with E-state index in [1.54, 1.807) is 0 Å². The molecule has 0 aromatic heterocycles. The number of carboxylic acid groups (broad SMARTS) is 1. The summed E-state index contributed by atoms with van der Waals surface area (Å²) in [6.45, 7) is 3.39. The summed E-state index contributed by atoms with van der Waals surface area (Å²) in [5.74, 6) is -1.13. The predicted molar refractivity (Wildman–Crippen MR) is 64.5 cm³/mol. The molecule has 5 nitrogen and oxygen atoms in total. The van der Waals surface area contributed by atoms with E-state index < -0.39 is 11.5 Å². The van der Waals surface area contributed by atoms with E-state index >= 15 is 0 Å². The van der Waals surface area contributed by atoms with Gasteiger partial charge in [-0.25, -0.2) is 0 Å². The molecule has 98 valence electrons. The minimum absolute atomic E-state index is 0.108. The molecule has 1 aliphatic rings. The Bertz CT molecular complexity index is 296. The summed E-state index contributed by atoms with van der Waals surface area (Å²) in [4.78, 5) is 24.2. The highest BCUT2D eigenvalue weighted by Gasteiger charge is 2.34. The van der Waals surface area contributed by atoms with E-state index in [4.69, 9.17) is 10.8 Å². The van der Waals surface area contributed by atoms with Crippen LogP contribution in [0.1, 0.15) is 46.0 Å². The van der Waals surface area contributed by atoms with Crippen LogP contribution in [0.25, 0.3) is 0 Å². The molecule has 1 amide bonds. The second-order valence-corrected chi connectivity index (χ2v) is 5.26. The lowest BCUT2D eigenvalue weighted by Gasteiger charge is -2.30. The van der Waals surface area contributed by atoms with Crippen molar-refractivity contribution >= 4 is 11.9 Å². The maximum atomic E-state index is 12.1. The highest BCUT2D eigenvalue weighted by atomic mass is 16.4. The van der Waals surface area contributed by atoms with E-state index in [9.17, 15) is 9.59 Å². The summed E-state index contributed by atoms with van der Waals surface area (Å²) in [5.41, 5.74) is 5.72. The van der Waals surface area contributed by atoms with Crippen molar-refractivity contribution in [3.63, 3.8) is 0 Å². The molecular weight excluding hydrogens is 220 g/mol. The molecular formula is C12H22N2O3. The number of aliphatic carboxylic acids is 1. The summed E-state index contributed by atoms with van der Waals surface area (Å²) in [6.07, 6.45) is 4.10. The molecule has 1 rings (SSSR count). The monoisotopic (exact) mass is 242 g/mol. The molecule has 0 aliphatic heterocycles. The Morgan fingerprint density at radius 1 is 1.35 bits per heavy atom. The van der Waals surface area contributed by atoms with Crippen molar-refractivity contribution in [2.45, 2.75) is 57.5 Å². The van der Waals surface area contributed by atoms with E-state index in [1.807, 2.05) is 13.8 Å². The van der Waals surface area contributed by atoms with Gasteiger partial charge in [0.1, 0.15) is 6.54 Å². The van der Waals surface area contributed by atoms with E-state index in [1.165, 1.54) is 4.90 Å². The fraction of sp³-hybridized carbons (Fsp3) is 0.833. The maximum absolute atomic E-state index is 12.1. The number of hydrogen-bond donors (Lipinski definition) is 2. The van der Waals surface area contributed by atoms with Crippen LogP contribution in [0, 0.1) is 0 Å².